The second-order valence-corrected chi connectivity index (χ2v) is 6.40. The zero-order valence-electron chi connectivity index (χ0n) is 9.19. The molecule has 0 atom stereocenters. The number of aryl methyl sites for hydroxylation is 1. The molecule has 0 unspecified atom stereocenters. The molecule has 0 aliphatic rings. The molecule has 0 fully saturated rings. The van der Waals surface area contributed by atoms with Crippen molar-refractivity contribution < 1.29 is 0 Å². The van der Waals surface area contributed by atoms with Crippen molar-refractivity contribution in [1.29, 1.82) is 0 Å². The highest BCUT2D eigenvalue weighted by atomic mass is 32.2. The molecule has 0 aromatic carbocycles. The van der Waals surface area contributed by atoms with Crippen LogP contribution < -0.4 is 5.32 Å². The van der Waals surface area contributed by atoms with Gasteiger partial charge in [-0.25, -0.2) is 9.97 Å². The van der Waals surface area contributed by atoms with Gasteiger partial charge in [0.15, 0.2) is 5.13 Å². The molecule has 86 valence electrons. The minimum Gasteiger partial charge on any atom is -0.362 e. The van der Waals surface area contributed by atoms with Gasteiger partial charge >= 0.3 is 0 Å². The molecule has 1 N–H and O–H groups in total. The fourth-order valence-corrected chi connectivity index (χ4v) is 3.89. The Morgan fingerprint density at radius 2 is 2.38 bits per heavy atom. The Morgan fingerprint density at radius 1 is 1.50 bits per heavy atom. The molecule has 6 heteroatoms. The van der Waals surface area contributed by atoms with E-state index in [1.165, 1.54) is 4.88 Å². The summed E-state index contributed by atoms with van der Waals surface area (Å²) in [6.07, 6.45) is 1.94. The van der Waals surface area contributed by atoms with Crippen molar-refractivity contribution in [2.45, 2.75) is 23.9 Å². The minimum absolute atomic E-state index is 0.922. The van der Waals surface area contributed by atoms with Crippen LogP contribution in [0.15, 0.2) is 15.9 Å². The maximum absolute atomic E-state index is 4.42. The molecule has 2 aromatic heterocycles. The number of rotatable bonds is 5. The van der Waals surface area contributed by atoms with Gasteiger partial charge in [0, 0.05) is 34.4 Å². The van der Waals surface area contributed by atoms with E-state index in [0.29, 0.717) is 0 Å². The molecular weight excluding hydrogens is 258 g/mol. The lowest BCUT2D eigenvalue weighted by Crippen LogP contribution is -1.94. The molecule has 0 spiro atoms. The van der Waals surface area contributed by atoms with Crippen molar-refractivity contribution in [3.63, 3.8) is 0 Å². The fraction of sp³-hybridized carbons (Fsp3) is 0.400. The summed E-state index contributed by atoms with van der Waals surface area (Å²) in [6.45, 7) is 5.02. The Bertz CT molecular complexity index is 450. The van der Waals surface area contributed by atoms with Crippen molar-refractivity contribution >= 4 is 39.6 Å². The van der Waals surface area contributed by atoms with Crippen LogP contribution in [-0.2, 0) is 5.75 Å². The van der Waals surface area contributed by atoms with E-state index in [1.807, 2.05) is 13.1 Å². The standard InChI is InChI=1S/C10H13N3S3/c1-3-11-9-12-4-8(16-9)6-15-10-13-7(2)5-14-10/h4-5H,3,6H2,1-2H3,(H,11,12). The van der Waals surface area contributed by atoms with Gasteiger partial charge in [0.1, 0.15) is 4.34 Å². The normalized spacial score (nSPS) is 10.6. The maximum atomic E-state index is 4.42. The number of hydrogen-bond donors (Lipinski definition) is 1. The molecule has 2 aromatic rings. The average molecular weight is 271 g/mol. The number of aromatic nitrogens is 2. The van der Waals surface area contributed by atoms with E-state index < -0.39 is 0 Å². The first kappa shape index (κ1) is 11.9. The number of anilines is 1. The van der Waals surface area contributed by atoms with E-state index in [1.54, 1.807) is 34.4 Å². The molecular formula is C10H13N3S3. The molecule has 0 radical (unpaired) electrons. The van der Waals surface area contributed by atoms with Gasteiger partial charge in [-0.15, -0.1) is 22.7 Å². The van der Waals surface area contributed by atoms with Gasteiger partial charge in [-0.3, -0.25) is 0 Å². The first-order valence-electron chi connectivity index (χ1n) is 5.01. The smallest absolute Gasteiger partial charge is 0.182 e. The molecule has 3 nitrogen and oxygen atoms in total. The third-order valence-electron chi connectivity index (χ3n) is 1.82. The summed E-state index contributed by atoms with van der Waals surface area (Å²) in [7, 11) is 0. The van der Waals surface area contributed by atoms with Crippen molar-refractivity contribution in [2.24, 2.45) is 0 Å². The molecule has 0 aliphatic heterocycles. The minimum atomic E-state index is 0.922. The van der Waals surface area contributed by atoms with Gasteiger partial charge < -0.3 is 5.32 Å². The first-order valence-corrected chi connectivity index (χ1v) is 7.69. The summed E-state index contributed by atoms with van der Waals surface area (Å²) >= 11 is 5.20. The molecule has 2 heterocycles. The molecule has 16 heavy (non-hydrogen) atoms. The zero-order valence-corrected chi connectivity index (χ0v) is 11.6. The van der Waals surface area contributed by atoms with Gasteiger partial charge in [0.25, 0.3) is 0 Å². The van der Waals surface area contributed by atoms with Crippen LogP contribution in [0.3, 0.4) is 0 Å². The van der Waals surface area contributed by atoms with E-state index in [0.717, 1.165) is 27.5 Å². The monoisotopic (exact) mass is 271 g/mol. The van der Waals surface area contributed by atoms with Gasteiger partial charge in [-0.2, -0.15) is 0 Å². The molecule has 0 saturated heterocycles. The first-order chi connectivity index (χ1) is 7.78. The Morgan fingerprint density at radius 3 is 3.06 bits per heavy atom. The predicted molar refractivity (Wildman–Crippen MR) is 72.7 cm³/mol. The highest BCUT2D eigenvalue weighted by Gasteiger charge is 2.04. The third-order valence-corrected chi connectivity index (χ3v) is 5.14. The Kier molecular flexibility index (Phi) is 4.20. The van der Waals surface area contributed by atoms with Gasteiger partial charge in [0.05, 0.1) is 0 Å². The number of nitrogens with zero attached hydrogens (tertiary/aromatic N) is 2. The van der Waals surface area contributed by atoms with Crippen LogP contribution in [0.4, 0.5) is 5.13 Å². The lowest BCUT2D eigenvalue weighted by molar-refractivity contribution is 1.16. The largest absolute Gasteiger partial charge is 0.362 e. The lowest BCUT2D eigenvalue weighted by Gasteiger charge is -1.94. The summed E-state index contributed by atoms with van der Waals surface area (Å²) < 4.78 is 1.14. The van der Waals surface area contributed by atoms with Crippen LogP contribution in [0.2, 0.25) is 0 Å². The predicted octanol–water partition coefficient (Wildman–Crippen LogP) is 3.63. The molecule has 0 aliphatic carbocycles. The summed E-state index contributed by atoms with van der Waals surface area (Å²) in [5.41, 5.74) is 1.10. The molecule has 0 bridgehead atoms. The number of hydrogen-bond acceptors (Lipinski definition) is 6. The van der Waals surface area contributed by atoms with Crippen molar-refractivity contribution in [2.75, 3.05) is 11.9 Å². The van der Waals surface area contributed by atoms with E-state index in [2.05, 4.69) is 27.6 Å². The summed E-state index contributed by atoms with van der Waals surface area (Å²) in [5.74, 6) is 0.954. The van der Waals surface area contributed by atoms with Crippen molar-refractivity contribution in [1.82, 2.24) is 9.97 Å². The van der Waals surface area contributed by atoms with E-state index in [-0.39, 0.29) is 0 Å². The van der Waals surface area contributed by atoms with Crippen LogP contribution in [0.5, 0.6) is 0 Å². The Labute approximate surface area is 107 Å². The topological polar surface area (TPSA) is 37.8 Å². The van der Waals surface area contributed by atoms with Crippen LogP contribution in [0, 0.1) is 6.92 Å². The van der Waals surface area contributed by atoms with Gasteiger partial charge in [0.2, 0.25) is 0 Å². The zero-order chi connectivity index (χ0) is 11.4. The quantitative estimate of drug-likeness (QED) is 0.843. The SMILES string of the molecule is CCNc1ncc(CSc2nc(C)cs2)s1. The van der Waals surface area contributed by atoms with Crippen LogP contribution >= 0.6 is 34.4 Å². The van der Waals surface area contributed by atoms with Crippen molar-refractivity contribution in [3.05, 3.63) is 22.1 Å². The molecule has 0 saturated carbocycles. The van der Waals surface area contributed by atoms with E-state index in [4.69, 9.17) is 0 Å². The van der Waals surface area contributed by atoms with Gasteiger partial charge in [-0.1, -0.05) is 11.8 Å². The maximum Gasteiger partial charge on any atom is 0.182 e. The second kappa shape index (κ2) is 5.65. The lowest BCUT2D eigenvalue weighted by atomic mass is 10.6. The highest BCUT2D eigenvalue weighted by molar-refractivity contribution is 8.00. The molecule has 2 rings (SSSR count). The van der Waals surface area contributed by atoms with Crippen LogP contribution in [-0.4, -0.2) is 16.5 Å². The number of thiazole rings is 2. The third kappa shape index (κ3) is 3.20. The number of thioether (sulfide) groups is 1. The van der Waals surface area contributed by atoms with Crippen molar-refractivity contribution in [3.8, 4) is 0 Å². The summed E-state index contributed by atoms with van der Waals surface area (Å²) in [6, 6.07) is 0. The van der Waals surface area contributed by atoms with Gasteiger partial charge in [-0.05, 0) is 13.8 Å². The van der Waals surface area contributed by atoms with Crippen LogP contribution in [0.25, 0.3) is 0 Å². The highest BCUT2D eigenvalue weighted by Crippen LogP contribution is 2.29. The Balaban J connectivity index is 1.89. The summed E-state index contributed by atoms with van der Waals surface area (Å²) in [5, 5.41) is 6.31. The van der Waals surface area contributed by atoms with E-state index in [9.17, 15) is 0 Å². The summed E-state index contributed by atoms with van der Waals surface area (Å²) in [4.78, 5) is 10.0. The Hall–Kier alpha value is -0.590. The second-order valence-electron chi connectivity index (χ2n) is 3.21. The average Bonchev–Trinajstić information content (AvgIpc) is 2.85. The fourth-order valence-electron chi connectivity index (χ4n) is 1.14. The molecule has 0 amide bonds. The van der Waals surface area contributed by atoms with E-state index >= 15 is 0 Å². The van der Waals surface area contributed by atoms with Crippen LogP contribution in [0.1, 0.15) is 17.5 Å². The number of nitrogens with one attached hydrogen (secondary N) is 1.